The first kappa shape index (κ1) is 15.8. The minimum Gasteiger partial charge on any atom is -0.380 e. The molecule has 0 radical (unpaired) electrons. The van der Waals surface area contributed by atoms with Crippen LogP contribution < -0.4 is 5.73 Å². The Hall–Kier alpha value is -2.63. The molecule has 0 aliphatic heterocycles. The highest BCUT2D eigenvalue weighted by atomic mass is 16.7. The van der Waals surface area contributed by atoms with Crippen molar-refractivity contribution in [2.24, 2.45) is 10.9 Å². The molecule has 0 amide bonds. The molecule has 1 aromatic carbocycles. The molecule has 0 spiro atoms. The molecule has 0 saturated carbocycles. The molecule has 0 unspecified atom stereocenters. The number of nitrogens with zero attached hydrogens (tertiary/aromatic N) is 3. The first-order valence-corrected chi connectivity index (χ1v) is 6.96. The molecule has 116 valence electrons. The Labute approximate surface area is 129 Å². The van der Waals surface area contributed by atoms with Gasteiger partial charge in [-0.25, -0.2) is 4.79 Å². The highest BCUT2D eigenvalue weighted by Gasteiger charge is 2.21. The van der Waals surface area contributed by atoms with Crippen molar-refractivity contribution < 1.29 is 9.63 Å². The molecule has 1 aromatic heterocycles. The van der Waals surface area contributed by atoms with E-state index in [4.69, 9.17) is 10.6 Å². The second kappa shape index (κ2) is 6.01. The predicted molar refractivity (Wildman–Crippen MR) is 84.5 cm³/mol. The highest BCUT2D eigenvalue weighted by Crippen LogP contribution is 2.17. The Morgan fingerprint density at radius 3 is 2.45 bits per heavy atom. The van der Waals surface area contributed by atoms with Crippen molar-refractivity contribution in [3.05, 3.63) is 53.3 Å². The van der Waals surface area contributed by atoms with E-state index in [0.717, 1.165) is 5.69 Å². The number of carbonyl (C=O) groups excluding carboxylic acids is 1. The maximum Gasteiger partial charge on any atom is 0.385 e. The highest BCUT2D eigenvalue weighted by molar-refractivity contribution is 5.97. The molecular formula is C16H20N4O2. The van der Waals surface area contributed by atoms with Gasteiger partial charge in [-0.05, 0) is 33.8 Å². The van der Waals surface area contributed by atoms with E-state index >= 15 is 0 Å². The van der Waals surface area contributed by atoms with Crippen LogP contribution in [0, 0.1) is 6.92 Å². The monoisotopic (exact) mass is 300 g/mol. The van der Waals surface area contributed by atoms with Gasteiger partial charge in [0.1, 0.15) is 0 Å². The molecule has 6 heteroatoms. The van der Waals surface area contributed by atoms with E-state index in [0.29, 0.717) is 5.56 Å². The molecule has 6 nitrogen and oxygen atoms in total. The zero-order valence-electron chi connectivity index (χ0n) is 13.2. The fourth-order valence-electron chi connectivity index (χ4n) is 2.05. The maximum atomic E-state index is 12.0. The second-order valence-electron chi connectivity index (χ2n) is 5.97. The lowest BCUT2D eigenvalue weighted by molar-refractivity contribution is 0.0507. The van der Waals surface area contributed by atoms with Crippen molar-refractivity contribution in [2.45, 2.75) is 33.2 Å². The summed E-state index contributed by atoms with van der Waals surface area (Å²) in [5.74, 6) is -0.495. The number of hydrogen-bond donors (Lipinski definition) is 1. The summed E-state index contributed by atoms with van der Waals surface area (Å²) in [7, 11) is 0. The van der Waals surface area contributed by atoms with Gasteiger partial charge in [-0.1, -0.05) is 35.5 Å². The fraction of sp³-hybridized carbons (Fsp3) is 0.312. The number of rotatable bonds is 3. The van der Waals surface area contributed by atoms with Gasteiger partial charge in [-0.3, -0.25) is 4.68 Å². The molecular weight excluding hydrogens is 280 g/mol. The lowest BCUT2D eigenvalue weighted by atomic mass is 10.1. The number of benzene rings is 1. The maximum absolute atomic E-state index is 12.0. The molecule has 2 aromatic rings. The van der Waals surface area contributed by atoms with E-state index < -0.39 is 5.97 Å². The molecule has 2 N–H and O–H groups in total. The molecule has 1 heterocycles. The quantitative estimate of drug-likeness (QED) is 0.408. The molecule has 0 saturated heterocycles. The number of oxime groups is 1. The summed E-state index contributed by atoms with van der Waals surface area (Å²) < 4.78 is 1.77. The third kappa shape index (κ3) is 3.52. The molecule has 2 rings (SSSR count). The second-order valence-corrected chi connectivity index (χ2v) is 5.97. The molecule has 0 aliphatic carbocycles. The van der Waals surface area contributed by atoms with Crippen molar-refractivity contribution in [1.82, 2.24) is 9.78 Å². The predicted octanol–water partition coefficient (Wildman–Crippen LogP) is 2.42. The van der Waals surface area contributed by atoms with E-state index in [9.17, 15) is 4.79 Å². The zero-order chi connectivity index (χ0) is 16.3. The molecule has 22 heavy (non-hydrogen) atoms. The van der Waals surface area contributed by atoms with E-state index in [1.165, 1.54) is 0 Å². The van der Waals surface area contributed by atoms with Crippen LogP contribution in [0.15, 0.2) is 41.6 Å². The van der Waals surface area contributed by atoms with Crippen LogP contribution in [0.25, 0.3) is 0 Å². The van der Waals surface area contributed by atoms with E-state index in [1.807, 2.05) is 45.9 Å². The van der Waals surface area contributed by atoms with Gasteiger partial charge in [0, 0.05) is 11.3 Å². The number of carbonyl (C=O) groups is 1. The lowest BCUT2D eigenvalue weighted by Crippen LogP contribution is -2.24. The van der Waals surface area contributed by atoms with Gasteiger partial charge in [-0.2, -0.15) is 5.10 Å². The van der Waals surface area contributed by atoms with Crippen molar-refractivity contribution in [3.63, 3.8) is 0 Å². The Morgan fingerprint density at radius 2 is 1.91 bits per heavy atom. The van der Waals surface area contributed by atoms with Crippen LogP contribution in [0.1, 0.15) is 42.5 Å². The Balaban J connectivity index is 2.13. The van der Waals surface area contributed by atoms with Crippen LogP contribution in [-0.2, 0) is 10.4 Å². The van der Waals surface area contributed by atoms with Crippen LogP contribution in [0.3, 0.4) is 0 Å². The summed E-state index contributed by atoms with van der Waals surface area (Å²) in [6, 6.07) is 10.8. The van der Waals surface area contributed by atoms with Crippen LogP contribution >= 0.6 is 0 Å². The number of nitrogens with two attached hydrogens (primary N) is 1. The molecule has 0 aliphatic rings. The number of aryl methyl sites for hydroxylation is 1. The Kier molecular flexibility index (Phi) is 4.30. The summed E-state index contributed by atoms with van der Waals surface area (Å²) in [4.78, 5) is 16.9. The van der Waals surface area contributed by atoms with Crippen LogP contribution in [-0.4, -0.2) is 21.6 Å². The number of hydrogen-bond acceptors (Lipinski definition) is 4. The normalized spacial score (nSPS) is 12.3. The minimum atomic E-state index is -0.634. The van der Waals surface area contributed by atoms with Gasteiger partial charge < -0.3 is 10.6 Å². The van der Waals surface area contributed by atoms with Crippen molar-refractivity contribution >= 4 is 11.8 Å². The van der Waals surface area contributed by atoms with Gasteiger partial charge in [0.15, 0.2) is 11.5 Å². The standard InChI is InChI=1S/C16H20N4O2/c1-11-10-13(18-20(11)16(2,3)4)15(21)22-19-14(17)12-8-6-5-7-9-12/h5-10H,1-4H3,(H2,17,19). The third-order valence-corrected chi connectivity index (χ3v) is 3.03. The first-order chi connectivity index (χ1) is 10.3. The summed E-state index contributed by atoms with van der Waals surface area (Å²) in [5.41, 5.74) is 7.33. The summed E-state index contributed by atoms with van der Waals surface area (Å²) >= 11 is 0. The third-order valence-electron chi connectivity index (χ3n) is 3.03. The first-order valence-electron chi connectivity index (χ1n) is 6.96. The van der Waals surface area contributed by atoms with E-state index in [1.54, 1.807) is 22.9 Å². The summed E-state index contributed by atoms with van der Waals surface area (Å²) in [6.45, 7) is 7.91. The van der Waals surface area contributed by atoms with Crippen molar-refractivity contribution in [3.8, 4) is 0 Å². The number of amidine groups is 1. The van der Waals surface area contributed by atoms with Gasteiger partial charge in [-0.15, -0.1) is 0 Å². The van der Waals surface area contributed by atoms with Gasteiger partial charge in [0.05, 0.1) is 5.54 Å². The van der Waals surface area contributed by atoms with Gasteiger partial charge in [0.2, 0.25) is 0 Å². The van der Waals surface area contributed by atoms with Crippen molar-refractivity contribution in [2.75, 3.05) is 0 Å². The number of aromatic nitrogens is 2. The Morgan fingerprint density at radius 1 is 1.27 bits per heavy atom. The smallest absolute Gasteiger partial charge is 0.380 e. The summed E-state index contributed by atoms with van der Waals surface area (Å²) in [6.07, 6.45) is 0. The van der Waals surface area contributed by atoms with Crippen LogP contribution in [0.5, 0.6) is 0 Å². The molecule has 0 atom stereocenters. The average Bonchev–Trinajstić information content (AvgIpc) is 2.87. The van der Waals surface area contributed by atoms with Gasteiger partial charge in [0.25, 0.3) is 0 Å². The minimum absolute atomic E-state index is 0.140. The van der Waals surface area contributed by atoms with E-state index in [-0.39, 0.29) is 17.1 Å². The molecule has 0 fully saturated rings. The Bertz CT molecular complexity index is 697. The topological polar surface area (TPSA) is 82.5 Å². The van der Waals surface area contributed by atoms with Crippen LogP contribution in [0.2, 0.25) is 0 Å². The fourth-order valence-corrected chi connectivity index (χ4v) is 2.05. The largest absolute Gasteiger partial charge is 0.385 e. The van der Waals surface area contributed by atoms with E-state index in [2.05, 4.69) is 10.3 Å². The average molecular weight is 300 g/mol. The molecule has 0 bridgehead atoms. The van der Waals surface area contributed by atoms with Gasteiger partial charge >= 0.3 is 5.97 Å². The summed E-state index contributed by atoms with van der Waals surface area (Å²) in [5, 5.41) is 7.93. The van der Waals surface area contributed by atoms with Crippen LogP contribution in [0.4, 0.5) is 0 Å². The lowest BCUT2D eigenvalue weighted by Gasteiger charge is -2.20. The van der Waals surface area contributed by atoms with Crippen molar-refractivity contribution in [1.29, 1.82) is 0 Å². The SMILES string of the molecule is Cc1cc(C(=O)O/N=C(\N)c2ccccc2)nn1C(C)(C)C. The zero-order valence-corrected chi connectivity index (χ0v) is 13.2.